The van der Waals surface area contributed by atoms with Gasteiger partial charge in [0, 0.05) is 17.0 Å². The average Bonchev–Trinajstić information content (AvgIpc) is 2.07. The molecule has 0 saturated heterocycles. The predicted octanol–water partition coefficient (Wildman–Crippen LogP) is 1.98. The van der Waals surface area contributed by atoms with Gasteiger partial charge in [0.25, 0.3) is 0 Å². The minimum Gasteiger partial charge on any atom is -0.391 e. The normalized spacial score (nSPS) is 14.1. The lowest BCUT2D eigenvalue weighted by Gasteiger charge is -2.25. The third kappa shape index (κ3) is 3.29. The summed E-state index contributed by atoms with van der Waals surface area (Å²) < 4.78 is 0. The van der Waals surface area contributed by atoms with E-state index in [1.807, 2.05) is 38.1 Å². The third-order valence-electron chi connectivity index (χ3n) is 2.20. The number of hydrogen-bond acceptors (Lipinski definition) is 2. The van der Waals surface area contributed by atoms with E-state index >= 15 is 0 Å². The highest BCUT2D eigenvalue weighted by Crippen LogP contribution is 2.14. The molecule has 0 bridgehead atoms. The Kier molecular flexibility index (Phi) is 3.53. The number of halogens is 1. The van der Waals surface area contributed by atoms with E-state index in [1.54, 1.807) is 0 Å². The van der Waals surface area contributed by atoms with Crippen LogP contribution < -0.4 is 5.73 Å². The first-order valence-corrected chi connectivity index (χ1v) is 4.99. The van der Waals surface area contributed by atoms with Crippen molar-refractivity contribution in [3.63, 3.8) is 0 Å². The molecule has 0 amide bonds. The van der Waals surface area contributed by atoms with Gasteiger partial charge >= 0.3 is 0 Å². The number of aliphatic hydroxyl groups is 1. The van der Waals surface area contributed by atoms with Gasteiger partial charge in [0.05, 0.1) is 6.10 Å². The summed E-state index contributed by atoms with van der Waals surface area (Å²) in [5, 5.41) is 10.5. The smallest absolute Gasteiger partial charge is 0.0754 e. The van der Waals surface area contributed by atoms with Crippen molar-refractivity contribution >= 4 is 11.6 Å². The van der Waals surface area contributed by atoms with Crippen LogP contribution in [-0.4, -0.2) is 16.7 Å². The van der Waals surface area contributed by atoms with Gasteiger partial charge in [0.2, 0.25) is 0 Å². The molecule has 2 nitrogen and oxygen atoms in total. The molecule has 1 aromatic carbocycles. The Morgan fingerprint density at radius 2 is 1.86 bits per heavy atom. The van der Waals surface area contributed by atoms with Crippen LogP contribution in [0, 0.1) is 0 Å². The van der Waals surface area contributed by atoms with Crippen molar-refractivity contribution < 1.29 is 5.11 Å². The Bertz CT molecular complexity index is 289. The van der Waals surface area contributed by atoms with Crippen LogP contribution in [0.3, 0.4) is 0 Å². The maximum atomic E-state index is 9.75. The van der Waals surface area contributed by atoms with E-state index in [0.29, 0.717) is 11.4 Å². The second kappa shape index (κ2) is 4.30. The highest BCUT2D eigenvalue weighted by Gasteiger charge is 2.22. The Hall–Kier alpha value is -0.570. The van der Waals surface area contributed by atoms with E-state index in [4.69, 9.17) is 17.3 Å². The fourth-order valence-electron chi connectivity index (χ4n) is 1.11. The van der Waals surface area contributed by atoms with Crippen molar-refractivity contribution in [1.29, 1.82) is 0 Å². The van der Waals surface area contributed by atoms with Gasteiger partial charge in [-0.15, -0.1) is 0 Å². The molecular weight excluding hydrogens is 198 g/mol. The average molecular weight is 214 g/mol. The molecule has 3 N–H and O–H groups in total. The molecular formula is C11H16ClNO. The number of benzene rings is 1. The number of aliphatic hydroxyl groups excluding tert-OH is 1. The molecule has 0 aliphatic rings. The largest absolute Gasteiger partial charge is 0.391 e. The zero-order valence-electron chi connectivity index (χ0n) is 8.50. The minimum absolute atomic E-state index is 0.538. The minimum atomic E-state index is -0.570. The van der Waals surface area contributed by atoms with E-state index in [-0.39, 0.29) is 0 Å². The third-order valence-corrected chi connectivity index (χ3v) is 2.45. The summed E-state index contributed by atoms with van der Waals surface area (Å²) >= 11 is 5.75. The van der Waals surface area contributed by atoms with E-state index in [2.05, 4.69) is 0 Å². The molecule has 0 radical (unpaired) electrons. The van der Waals surface area contributed by atoms with Crippen LogP contribution in [0.4, 0.5) is 0 Å². The van der Waals surface area contributed by atoms with Gasteiger partial charge < -0.3 is 10.8 Å². The molecule has 1 rings (SSSR count). The quantitative estimate of drug-likeness (QED) is 0.807. The van der Waals surface area contributed by atoms with E-state index in [1.165, 1.54) is 0 Å². The lowest BCUT2D eigenvalue weighted by molar-refractivity contribution is 0.104. The van der Waals surface area contributed by atoms with Crippen LogP contribution >= 0.6 is 11.6 Å². The molecule has 0 aliphatic carbocycles. The van der Waals surface area contributed by atoms with Crippen molar-refractivity contribution in [3.8, 4) is 0 Å². The summed E-state index contributed by atoms with van der Waals surface area (Å²) in [6.07, 6.45) is 0.0180. The molecule has 1 atom stereocenters. The molecule has 0 heterocycles. The fraction of sp³-hybridized carbons (Fsp3) is 0.455. The second-order valence-corrected chi connectivity index (χ2v) is 4.60. The van der Waals surface area contributed by atoms with Gasteiger partial charge in [-0.3, -0.25) is 0 Å². The van der Waals surface area contributed by atoms with Crippen LogP contribution in [0.15, 0.2) is 24.3 Å². The fourth-order valence-corrected chi connectivity index (χ4v) is 1.23. The molecule has 0 spiro atoms. The molecule has 0 aliphatic heterocycles. The summed E-state index contributed by atoms with van der Waals surface area (Å²) in [7, 11) is 0. The van der Waals surface area contributed by atoms with Gasteiger partial charge in [-0.1, -0.05) is 23.7 Å². The summed E-state index contributed by atoms with van der Waals surface area (Å²) in [6.45, 7) is 3.63. The number of hydrogen-bond donors (Lipinski definition) is 2. The lowest BCUT2D eigenvalue weighted by atomic mass is 9.93. The van der Waals surface area contributed by atoms with Gasteiger partial charge in [-0.05, 0) is 31.5 Å². The first-order chi connectivity index (χ1) is 6.39. The van der Waals surface area contributed by atoms with Crippen LogP contribution in [0.2, 0.25) is 5.02 Å². The number of nitrogens with two attached hydrogens (primary N) is 1. The van der Waals surface area contributed by atoms with Gasteiger partial charge in [0.1, 0.15) is 0 Å². The summed E-state index contributed by atoms with van der Waals surface area (Å²) in [5.74, 6) is 0. The van der Waals surface area contributed by atoms with E-state index in [9.17, 15) is 5.11 Å². The summed E-state index contributed by atoms with van der Waals surface area (Å²) in [6, 6.07) is 7.43. The Balaban J connectivity index is 2.65. The van der Waals surface area contributed by atoms with Crippen molar-refractivity contribution in [2.45, 2.75) is 31.9 Å². The Morgan fingerprint density at radius 3 is 2.29 bits per heavy atom. The number of rotatable bonds is 3. The zero-order chi connectivity index (χ0) is 10.8. The molecule has 1 unspecified atom stereocenters. The SMILES string of the molecule is CC(C)(N)C(O)Cc1ccc(Cl)cc1. The zero-order valence-corrected chi connectivity index (χ0v) is 9.25. The molecule has 0 aromatic heterocycles. The Morgan fingerprint density at radius 1 is 1.36 bits per heavy atom. The monoisotopic (exact) mass is 213 g/mol. The second-order valence-electron chi connectivity index (χ2n) is 4.17. The van der Waals surface area contributed by atoms with Crippen LogP contribution in [0.5, 0.6) is 0 Å². The molecule has 0 fully saturated rings. The standard InChI is InChI=1S/C11H16ClNO/c1-11(2,13)10(14)7-8-3-5-9(12)6-4-8/h3-6,10,14H,7,13H2,1-2H3. The maximum absolute atomic E-state index is 9.75. The highest BCUT2D eigenvalue weighted by molar-refractivity contribution is 6.30. The lowest BCUT2D eigenvalue weighted by Crippen LogP contribution is -2.46. The summed E-state index contributed by atoms with van der Waals surface area (Å²) in [5.41, 5.74) is 6.25. The van der Waals surface area contributed by atoms with Gasteiger partial charge in [0.15, 0.2) is 0 Å². The molecule has 3 heteroatoms. The van der Waals surface area contributed by atoms with E-state index in [0.717, 1.165) is 5.56 Å². The summed E-state index contributed by atoms with van der Waals surface area (Å²) in [4.78, 5) is 0. The van der Waals surface area contributed by atoms with Crippen LogP contribution in [0.25, 0.3) is 0 Å². The first-order valence-electron chi connectivity index (χ1n) is 4.61. The van der Waals surface area contributed by atoms with Gasteiger partial charge in [-0.25, -0.2) is 0 Å². The van der Waals surface area contributed by atoms with Gasteiger partial charge in [-0.2, -0.15) is 0 Å². The molecule has 14 heavy (non-hydrogen) atoms. The highest BCUT2D eigenvalue weighted by atomic mass is 35.5. The van der Waals surface area contributed by atoms with Crippen LogP contribution in [-0.2, 0) is 6.42 Å². The molecule has 78 valence electrons. The molecule has 1 aromatic rings. The maximum Gasteiger partial charge on any atom is 0.0754 e. The van der Waals surface area contributed by atoms with Crippen molar-refractivity contribution in [2.24, 2.45) is 5.73 Å². The van der Waals surface area contributed by atoms with E-state index < -0.39 is 11.6 Å². The molecule has 0 saturated carbocycles. The van der Waals surface area contributed by atoms with Crippen molar-refractivity contribution in [3.05, 3.63) is 34.9 Å². The van der Waals surface area contributed by atoms with Crippen molar-refractivity contribution in [1.82, 2.24) is 0 Å². The Labute approximate surface area is 89.7 Å². The van der Waals surface area contributed by atoms with Crippen LogP contribution in [0.1, 0.15) is 19.4 Å². The predicted molar refractivity (Wildman–Crippen MR) is 59.4 cm³/mol. The first kappa shape index (κ1) is 11.5. The topological polar surface area (TPSA) is 46.2 Å². The van der Waals surface area contributed by atoms with Crippen molar-refractivity contribution in [2.75, 3.05) is 0 Å².